The number of allylic oxidation sites excluding steroid dienone is 20. The van der Waals surface area contributed by atoms with Crippen LogP contribution >= 0.6 is 31.9 Å². The fourth-order valence-electron chi connectivity index (χ4n) is 9.52. The highest BCUT2D eigenvalue weighted by Crippen LogP contribution is 2.79. The van der Waals surface area contributed by atoms with E-state index in [0.717, 1.165) is 12.8 Å². The van der Waals surface area contributed by atoms with Crippen LogP contribution in [0.5, 0.6) is 0 Å². The van der Waals surface area contributed by atoms with E-state index in [4.69, 9.17) is 0 Å². The average Bonchev–Trinajstić information content (AvgIpc) is 3.30. The molecule has 6 aliphatic rings. The van der Waals surface area contributed by atoms with Gasteiger partial charge in [0.2, 0.25) is 0 Å². The molecule has 4 bridgehead atoms. The van der Waals surface area contributed by atoms with Crippen LogP contribution in [0.15, 0.2) is 133 Å². The maximum atomic E-state index is 4.19. The zero-order valence-electron chi connectivity index (χ0n) is 28.7. The molecular weight excluding hydrogens is 676 g/mol. The van der Waals surface area contributed by atoms with Gasteiger partial charge in [-0.2, -0.15) is 0 Å². The van der Waals surface area contributed by atoms with E-state index in [1.54, 1.807) is 11.6 Å². The molecule has 2 heteroatoms. The second-order valence-electron chi connectivity index (χ2n) is 15.0. The van der Waals surface area contributed by atoms with Crippen molar-refractivity contribution in [3.63, 3.8) is 0 Å². The first-order valence-electron chi connectivity index (χ1n) is 17.0. The molecule has 0 aliphatic heterocycles. The first-order chi connectivity index (χ1) is 21.3. The molecule has 0 heterocycles. The minimum absolute atomic E-state index is 0.0814. The number of rotatable bonds is 9. The van der Waals surface area contributed by atoms with Crippen LogP contribution in [0.3, 0.4) is 0 Å². The highest BCUT2D eigenvalue weighted by molar-refractivity contribution is 9.10. The summed E-state index contributed by atoms with van der Waals surface area (Å²) in [5.41, 5.74) is 5.11. The van der Waals surface area contributed by atoms with Gasteiger partial charge in [0.1, 0.15) is 0 Å². The van der Waals surface area contributed by atoms with E-state index in [-0.39, 0.29) is 30.3 Å². The monoisotopic (exact) mass is 730 g/mol. The van der Waals surface area contributed by atoms with Crippen molar-refractivity contribution in [3.05, 3.63) is 133 Å². The first-order valence-corrected chi connectivity index (χ1v) is 18.6. The molecular formula is C43H56Br2. The molecule has 6 aliphatic carbocycles. The SMILES string of the molecule is C=CC.C=CC(C)(Br)/C=C(\C=C/C)C12CC3(C/C=C\CC)CC(C4=CC=CC(C)C=C4)(CC(C4=CC=CC(C)(Br)C=C4)(C3)C1)C2. The molecule has 7 atom stereocenters. The maximum Gasteiger partial charge on any atom is 0.0594 e. The topological polar surface area (TPSA) is 0 Å². The quantitative estimate of drug-likeness (QED) is 0.126. The zero-order valence-corrected chi connectivity index (χ0v) is 31.9. The van der Waals surface area contributed by atoms with Gasteiger partial charge in [-0.1, -0.05) is 149 Å². The van der Waals surface area contributed by atoms with Gasteiger partial charge in [-0.25, -0.2) is 0 Å². The summed E-state index contributed by atoms with van der Waals surface area (Å²) in [6.07, 6.45) is 49.5. The molecule has 7 unspecified atom stereocenters. The Morgan fingerprint density at radius 3 is 2.20 bits per heavy atom. The number of hydrogen-bond donors (Lipinski definition) is 0. The molecule has 242 valence electrons. The van der Waals surface area contributed by atoms with Crippen LogP contribution in [0.1, 0.15) is 92.9 Å². The Labute approximate surface area is 292 Å². The van der Waals surface area contributed by atoms with Crippen LogP contribution in [0.25, 0.3) is 0 Å². The lowest BCUT2D eigenvalue weighted by Crippen LogP contribution is -2.62. The van der Waals surface area contributed by atoms with E-state index < -0.39 is 0 Å². The van der Waals surface area contributed by atoms with Crippen molar-refractivity contribution in [1.82, 2.24) is 0 Å². The molecule has 0 spiro atoms. The van der Waals surface area contributed by atoms with Gasteiger partial charge in [-0.05, 0) is 123 Å². The molecule has 0 amide bonds. The van der Waals surface area contributed by atoms with Gasteiger partial charge in [0.15, 0.2) is 0 Å². The van der Waals surface area contributed by atoms with E-state index in [1.165, 1.54) is 49.7 Å². The second-order valence-corrected chi connectivity index (χ2v) is 18.5. The molecule has 0 aromatic heterocycles. The van der Waals surface area contributed by atoms with E-state index in [1.807, 2.05) is 13.0 Å². The van der Waals surface area contributed by atoms with Crippen LogP contribution in [0.2, 0.25) is 0 Å². The highest BCUT2D eigenvalue weighted by atomic mass is 79.9. The Kier molecular flexibility index (Phi) is 11.2. The summed E-state index contributed by atoms with van der Waals surface area (Å²) in [7, 11) is 0. The molecule has 0 radical (unpaired) electrons. The van der Waals surface area contributed by atoms with E-state index >= 15 is 0 Å². The summed E-state index contributed by atoms with van der Waals surface area (Å²) in [6.45, 7) is 20.7. The first kappa shape index (κ1) is 35.9. The Morgan fingerprint density at radius 1 is 0.933 bits per heavy atom. The largest absolute Gasteiger partial charge is 0.103 e. The number of halogens is 2. The number of alkyl halides is 2. The molecule has 0 N–H and O–H groups in total. The molecule has 45 heavy (non-hydrogen) atoms. The van der Waals surface area contributed by atoms with Crippen molar-refractivity contribution in [1.29, 1.82) is 0 Å². The third-order valence-corrected chi connectivity index (χ3v) is 11.8. The van der Waals surface area contributed by atoms with E-state index in [0.29, 0.717) is 5.92 Å². The second kappa shape index (κ2) is 14.1. The van der Waals surface area contributed by atoms with Crippen LogP contribution in [-0.4, -0.2) is 8.65 Å². The minimum atomic E-state index is -0.248. The third-order valence-electron chi connectivity index (χ3n) is 10.7. The van der Waals surface area contributed by atoms with Crippen molar-refractivity contribution in [3.8, 4) is 0 Å². The third kappa shape index (κ3) is 7.81. The standard InChI is InChI=1S/C40H50Br2.C3H6/c1-7-10-11-22-37-25-38(32-16-12-15-31(4)18-19-32)28-39(26-37,33-17-13-21-36(6,42)23-20-33)30-40(27-37,29-38)34(14-8-2)24-35(5,41)9-3;1-3-2/h8-21,23-24,31H,3,7,22,25-30H2,1-2,4-6H3;3H,1H2,2H3/b11-10-,14-8-,34-24+;. The summed E-state index contributed by atoms with van der Waals surface area (Å²) in [6, 6.07) is 0. The maximum absolute atomic E-state index is 4.19. The molecule has 0 aromatic carbocycles. The molecule has 0 nitrogen and oxygen atoms in total. The van der Waals surface area contributed by atoms with Crippen molar-refractivity contribution in [2.75, 3.05) is 0 Å². The van der Waals surface area contributed by atoms with Crippen molar-refractivity contribution in [2.45, 2.75) is 102 Å². The van der Waals surface area contributed by atoms with Crippen LogP contribution in [-0.2, 0) is 0 Å². The lowest BCUT2D eigenvalue weighted by atomic mass is 9.32. The molecule has 6 rings (SSSR count). The van der Waals surface area contributed by atoms with Crippen molar-refractivity contribution >= 4 is 31.9 Å². The molecule has 4 saturated carbocycles. The minimum Gasteiger partial charge on any atom is -0.103 e. The van der Waals surface area contributed by atoms with Gasteiger partial charge in [0.05, 0.1) is 8.65 Å². The van der Waals surface area contributed by atoms with Crippen molar-refractivity contribution in [2.24, 2.45) is 27.6 Å². The average molecular weight is 733 g/mol. The van der Waals surface area contributed by atoms with Crippen LogP contribution < -0.4 is 0 Å². The van der Waals surface area contributed by atoms with Gasteiger partial charge in [0.25, 0.3) is 0 Å². The highest BCUT2D eigenvalue weighted by Gasteiger charge is 2.69. The summed E-state index contributed by atoms with van der Waals surface area (Å²) in [5, 5.41) is 0. The fraction of sp³-hybridized carbons (Fsp3) is 0.488. The lowest BCUT2D eigenvalue weighted by Gasteiger charge is -2.72. The fourth-order valence-corrected chi connectivity index (χ4v) is 10.1. The number of hydrogen-bond acceptors (Lipinski definition) is 0. The van der Waals surface area contributed by atoms with Gasteiger partial charge < -0.3 is 0 Å². The Balaban J connectivity index is 0.00000148. The normalized spacial score (nSPS) is 38.3. The summed E-state index contributed by atoms with van der Waals surface area (Å²) in [4.78, 5) is 0. The summed E-state index contributed by atoms with van der Waals surface area (Å²) in [5.74, 6) is 0.464. The van der Waals surface area contributed by atoms with Gasteiger partial charge in [-0.3, -0.25) is 0 Å². The predicted molar refractivity (Wildman–Crippen MR) is 207 cm³/mol. The van der Waals surface area contributed by atoms with Gasteiger partial charge >= 0.3 is 0 Å². The molecule has 0 saturated heterocycles. The summed E-state index contributed by atoms with van der Waals surface area (Å²) < 4.78 is -0.363. The predicted octanol–water partition coefficient (Wildman–Crippen LogP) is 13.6. The Bertz CT molecular complexity index is 1400. The van der Waals surface area contributed by atoms with Crippen LogP contribution in [0, 0.1) is 27.6 Å². The lowest BCUT2D eigenvalue weighted by molar-refractivity contribution is -0.157. The van der Waals surface area contributed by atoms with Crippen LogP contribution in [0.4, 0.5) is 0 Å². The Morgan fingerprint density at radius 2 is 1.58 bits per heavy atom. The Hall–Kier alpha value is -1.90. The van der Waals surface area contributed by atoms with Crippen molar-refractivity contribution < 1.29 is 0 Å². The van der Waals surface area contributed by atoms with E-state index in [9.17, 15) is 0 Å². The summed E-state index contributed by atoms with van der Waals surface area (Å²) >= 11 is 7.95. The van der Waals surface area contributed by atoms with E-state index in [2.05, 4.69) is 171 Å². The smallest absolute Gasteiger partial charge is 0.0594 e. The molecule has 4 fully saturated rings. The molecule has 0 aromatic rings. The zero-order chi connectivity index (χ0) is 33.0. The van der Waals surface area contributed by atoms with Gasteiger partial charge in [-0.15, -0.1) is 13.2 Å². The van der Waals surface area contributed by atoms with Gasteiger partial charge in [0, 0.05) is 0 Å².